The van der Waals surface area contributed by atoms with Crippen LogP contribution < -0.4 is 20.1 Å². The number of hydrogen-bond acceptors (Lipinski definition) is 7. The number of ether oxygens (including phenoxy) is 2. The van der Waals surface area contributed by atoms with Gasteiger partial charge in [0.25, 0.3) is 11.8 Å². The first-order chi connectivity index (χ1) is 23.9. The second-order valence-electron chi connectivity index (χ2n) is 13.6. The first kappa shape index (κ1) is 31.3. The Morgan fingerprint density at radius 3 is 2.41 bits per heavy atom. The van der Waals surface area contributed by atoms with E-state index < -0.39 is 6.10 Å². The number of nitrogens with one attached hydrogen (secondary N) is 3. The van der Waals surface area contributed by atoms with Crippen molar-refractivity contribution >= 4 is 11.8 Å². The molecule has 2 aliphatic carbocycles. The van der Waals surface area contributed by atoms with Crippen LogP contribution in [0.3, 0.4) is 0 Å². The zero-order chi connectivity index (χ0) is 33.5. The molecule has 2 bridgehead atoms. The Balaban J connectivity index is 0.830. The van der Waals surface area contributed by atoms with Crippen molar-refractivity contribution in [1.29, 1.82) is 0 Å². The quantitative estimate of drug-likeness (QED) is 0.141. The van der Waals surface area contributed by atoms with Crippen LogP contribution in [0, 0.1) is 5.92 Å². The minimum absolute atomic E-state index is 0.123. The van der Waals surface area contributed by atoms with Crippen molar-refractivity contribution in [2.45, 2.75) is 49.3 Å². The third kappa shape index (κ3) is 5.58. The van der Waals surface area contributed by atoms with Crippen LogP contribution in [-0.2, 0) is 18.3 Å². The zero-order valence-electron chi connectivity index (χ0n) is 27.5. The molecular weight excluding hydrogens is 618 g/mol. The summed E-state index contributed by atoms with van der Waals surface area (Å²) in [6.07, 6.45) is 9.82. The summed E-state index contributed by atoms with van der Waals surface area (Å²) in [5, 5.41) is 16.9. The van der Waals surface area contributed by atoms with Gasteiger partial charge in [-0.1, -0.05) is 42.5 Å². The summed E-state index contributed by atoms with van der Waals surface area (Å²) in [7, 11) is 2.20. The lowest BCUT2D eigenvalue weighted by molar-refractivity contribution is -0.0454. The molecule has 10 nitrogen and oxygen atoms in total. The number of carbonyl (C=O) groups excluding carboxylic acids is 2. The predicted molar refractivity (Wildman–Crippen MR) is 185 cm³/mol. The number of imidazole rings is 1. The van der Waals surface area contributed by atoms with E-state index in [1.165, 1.54) is 11.1 Å². The maximum atomic E-state index is 12.9. The number of carbonyl (C=O) groups is 2. The molecule has 1 fully saturated rings. The zero-order valence-corrected chi connectivity index (χ0v) is 27.5. The van der Waals surface area contributed by atoms with Gasteiger partial charge in [-0.2, -0.15) is 0 Å². The van der Waals surface area contributed by atoms with Crippen LogP contribution in [0.25, 0.3) is 11.1 Å². The topological polar surface area (TPSA) is 129 Å². The van der Waals surface area contributed by atoms with Crippen LogP contribution in [0.2, 0.25) is 0 Å². The van der Waals surface area contributed by atoms with E-state index in [2.05, 4.69) is 44.7 Å². The summed E-state index contributed by atoms with van der Waals surface area (Å²) >= 11 is 0. The van der Waals surface area contributed by atoms with Gasteiger partial charge in [-0.15, -0.1) is 0 Å². The predicted octanol–water partition coefficient (Wildman–Crippen LogP) is 4.05. The average Bonchev–Trinajstić information content (AvgIpc) is 3.78. The lowest BCUT2D eigenvalue weighted by Gasteiger charge is -2.56. The molecule has 4 aliphatic rings. The molecule has 2 aliphatic heterocycles. The van der Waals surface area contributed by atoms with Crippen molar-refractivity contribution in [3.05, 3.63) is 113 Å². The third-order valence-electron chi connectivity index (χ3n) is 10.9. The molecule has 3 aromatic carbocycles. The standard InChI is InChI=1S/C39H41N5O5/c1-44-19-16-39-30-12-13-32(45)36(39)49-35-33(14-11-28(34(35)39)21-31(30)44)48-20-2-17-41-37(46)26-7-3-24(4-8-26)25-5-9-27(10-6-25)38(47)42-18-15-29-22-40-23-43-29/h3-14,22-23,30-32,36,45H,2,15-21H2,1H3,(H,40,43)(H,41,46)(H,42,47)/t30-,31+,32-,36-,39-/m0/s1. The average molecular weight is 660 g/mol. The van der Waals surface area contributed by atoms with Crippen molar-refractivity contribution in [3.8, 4) is 22.6 Å². The van der Waals surface area contributed by atoms with Crippen molar-refractivity contribution in [2.24, 2.45) is 5.92 Å². The van der Waals surface area contributed by atoms with Crippen LogP contribution in [0.5, 0.6) is 11.5 Å². The number of benzene rings is 3. The van der Waals surface area contributed by atoms with E-state index in [0.717, 1.165) is 42.0 Å². The Bertz CT molecular complexity index is 1870. The molecule has 0 unspecified atom stereocenters. The number of nitrogens with zero attached hydrogens (tertiary/aromatic N) is 2. The molecule has 49 heavy (non-hydrogen) atoms. The maximum Gasteiger partial charge on any atom is 0.251 e. The van der Waals surface area contributed by atoms with E-state index in [1.807, 2.05) is 48.5 Å². The molecule has 252 valence electrons. The molecule has 4 N–H and O–H groups in total. The normalized spacial score (nSPS) is 24.5. The Morgan fingerprint density at radius 2 is 1.71 bits per heavy atom. The van der Waals surface area contributed by atoms with Gasteiger partial charge in [0.15, 0.2) is 11.5 Å². The highest BCUT2D eigenvalue weighted by molar-refractivity contribution is 5.95. The Hall–Kier alpha value is -4.93. The molecular formula is C39H41N5O5. The van der Waals surface area contributed by atoms with Crippen LogP contribution in [0.15, 0.2) is 85.3 Å². The number of likely N-dealkylation sites (tertiary alicyclic amines) is 1. The van der Waals surface area contributed by atoms with Crippen LogP contribution in [0.1, 0.15) is 50.4 Å². The number of aliphatic hydroxyl groups is 1. The number of aromatic nitrogens is 2. The smallest absolute Gasteiger partial charge is 0.251 e. The molecule has 4 aromatic rings. The van der Waals surface area contributed by atoms with Gasteiger partial charge in [0.05, 0.1) is 12.9 Å². The number of likely N-dealkylation sites (N-methyl/N-ethyl adjacent to an activating group) is 1. The van der Waals surface area contributed by atoms with Crippen molar-refractivity contribution in [3.63, 3.8) is 0 Å². The molecule has 0 radical (unpaired) electrons. The van der Waals surface area contributed by atoms with Crippen molar-refractivity contribution in [2.75, 3.05) is 33.3 Å². The van der Waals surface area contributed by atoms with E-state index in [0.29, 0.717) is 61.4 Å². The highest BCUT2D eigenvalue weighted by Crippen LogP contribution is 2.62. The number of amides is 2. The van der Waals surface area contributed by atoms with Gasteiger partial charge in [0.2, 0.25) is 0 Å². The van der Waals surface area contributed by atoms with Gasteiger partial charge < -0.3 is 35.1 Å². The number of rotatable bonds is 11. The highest BCUT2D eigenvalue weighted by atomic mass is 16.5. The Labute approximate surface area is 285 Å². The minimum atomic E-state index is -0.640. The Morgan fingerprint density at radius 1 is 1.00 bits per heavy atom. The van der Waals surface area contributed by atoms with Gasteiger partial charge in [-0.05, 0) is 79.9 Å². The summed E-state index contributed by atoms with van der Waals surface area (Å²) in [5.41, 5.74) is 6.40. The van der Waals surface area contributed by atoms with E-state index in [4.69, 9.17) is 9.47 Å². The number of hydrogen-bond donors (Lipinski definition) is 4. The maximum absolute atomic E-state index is 12.9. The van der Waals surface area contributed by atoms with Gasteiger partial charge in [-0.3, -0.25) is 9.59 Å². The molecule has 2 amide bonds. The van der Waals surface area contributed by atoms with Gasteiger partial charge in [0, 0.05) is 65.5 Å². The van der Waals surface area contributed by atoms with Gasteiger partial charge in [-0.25, -0.2) is 4.98 Å². The van der Waals surface area contributed by atoms with Gasteiger partial charge in [0.1, 0.15) is 12.2 Å². The molecule has 0 saturated carbocycles. The molecule has 8 rings (SSSR count). The van der Waals surface area contributed by atoms with Crippen LogP contribution >= 0.6 is 0 Å². The Kier molecular flexibility index (Phi) is 8.21. The summed E-state index contributed by atoms with van der Waals surface area (Å²) < 4.78 is 12.8. The highest BCUT2D eigenvalue weighted by Gasteiger charge is 2.64. The number of H-pyrrole nitrogens is 1. The van der Waals surface area contributed by atoms with Crippen molar-refractivity contribution in [1.82, 2.24) is 25.5 Å². The number of aliphatic hydroxyl groups excluding tert-OH is 1. The number of piperidine rings is 1. The first-order valence-corrected chi connectivity index (χ1v) is 17.2. The summed E-state index contributed by atoms with van der Waals surface area (Å²) in [5.74, 6) is 1.56. The molecule has 1 aromatic heterocycles. The fraction of sp³-hybridized carbons (Fsp3) is 0.359. The lowest BCUT2D eigenvalue weighted by atomic mass is 9.53. The van der Waals surface area contributed by atoms with Crippen LogP contribution in [0.4, 0.5) is 0 Å². The minimum Gasteiger partial charge on any atom is -0.490 e. The molecule has 1 saturated heterocycles. The summed E-state index contributed by atoms with van der Waals surface area (Å²) in [4.78, 5) is 34.9. The summed E-state index contributed by atoms with van der Waals surface area (Å²) in [6.45, 7) is 2.40. The second-order valence-corrected chi connectivity index (χ2v) is 13.6. The SMILES string of the molecule is CN1CC[C@]23c4c5ccc(OCCCNC(=O)c6ccc(-c7ccc(C(=O)NCCc8cnc[nH]8)cc7)cc6)c4O[C@H]2[C@@H](O)C=C[C@H]3[C@H]1C5. The third-order valence-corrected chi connectivity index (χ3v) is 10.9. The first-order valence-electron chi connectivity index (χ1n) is 17.2. The fourth-order valence-electron chi connectivity index (χ4n) is 8.36. The second kappa shape index (κ2) is 12.8. The molecule has 1 spiro atoms. The monoisotopic (exact) mass is 659 g/mol. The molecule has 10 heteroatoms. The van der Waals surface area contributed by atoms with E-state index >= 15 is 0 Å². The fourth-order valence-corrected chi connectivity index (χ4v) is 8.36. The van der Waals surface area contributed by atoms with Gasteiger partial charge >= 0.3 is 0 Å². The van der Waals surface area contributed by atoms with Crippen molar-refractivity contribution < 1.29 is 24.2 Å². The van der Waals surface area contributed by atoms with E-state index in [1.54, 1.807) is 24.7 Å². The number of aromatic amines is 1. The molecule has 3 heterocycles. The summed E-state index contributed by atoms with van der Waals surface area (Å²) in [6, 6.07) is 19.5. The van der Waals surface area contributed by atoms with Crippen LogP contribution in [-0.4, -0.2) is 83.3 Å². The lowest BCUT2D eigenvalue weighted by Crippen LogP contribution is -2.64. The van der Waals surface area contributed by atoms with E-state index in [-0.39, 0.29) is 23.3 Å². The van der Waals surface area contributed by atoms with E-state index in [9.17, 15) is 14.7 Å². The molecule has 5 atom stereocenters. The largest absolute Gasteiger partial charge is 0.490 e.